The maximum atomic E-state index is 4.59. The number of hydrogen-bond acceptors (Lipinski definition) is 2. The zero-order valence-electron chi connectivity index (χ0n) is 10.1. The van der Waals surface area contributed by atoms with Crippen molar-refractivity contribution >= 4 is 22.8 Å². The lowest BCUT2D eigenvalue weighted by Gasteiger charge is -1.97. The molecule has 3 heteroatoms. The van der Waals surface area contributed by atoms with Gasteiger partial charge in [0.15, 0.2) is 5.16 Å². The SMILES string of the molecule is CCCCSc1nc2cc(C)c(C)cc2[nH]1. The maximum Gasteiger partial charge on any atom is 0.166 e. The van der Waals surface area contributed by atoms with Crippen molar-refractivity contribution in [2.75, 3.05) is 5.75 Å². The first-order valence-electron chi connectivity index (χ1n) is 5.80. The summed E-state index contributed by atoms with van der Waals surface area (Å²) in [6.45, 7) is 6.48. The summed E-state index contributed by atoms with van der Waals surface area (Å²) in [5.41, 5.74) is 4.87. The van der Waals surface area contributed by atoms with Crippen LogP contribution in [0.4, 0.5) is 0 Å². The predicted octanol–water partition coefficient (Wildman–Crippen LogP) is 4.07. The molecule has 0 aliphatic carbocycles. The summed E-state index contributed by atoms with van der Waals surface area (Å²) in [6, 6.07) is 4.34. The number of rotatable bonds is 4. The number of H-pyrrole nitrogens is 1. The third kappa shape index (κ3) is 2.40. The summed E-state index contributed by atoms with van der Waals surface area (Å²) < 4.78 is 0. The van der Waals surface area contributed by atoms with Gasteiger partial charge in [-0.05, 0) is 43.5 Å². The molecule has 2 nitrogen and oxygen atoms in total. The second kappa shape index (κ2) is 4.91. The number of imidazole rings is 1. The number of aryl methyl sites for hydroxylation is 2. The van der Waals surface area contributed by atoms with Crippen molar-refractivity contribution in [3.8, 4) is 0 Å². The highest BCUT2D eigenvalue weighted by Gasteiger charge is 2.04. The minimum Gasteiger partial charge on any atom is -0.333 e. The minimum absolute atomic E-state index is 1.05. The first-order valence-corrected chi connectivity index (χ1v) is 6.79. The number of hydrogen-bond donors (Lipinski definition) is 1. The molecule has 1 aromatic heterocycles. The molecule has 0 spiro atoms. The number of thioether (sulfide) groups is 1. The van der Waals surface area contributed by atoms with Gasteiger partial charge < -0.3 is 4.98 Å². The number of benzene rings is 1. The van der Waals surface area contributed by atoms with Gasteiger partial charge in [-0.1, -0.05) is 25.1 Å². The van der Waals surface area contributed by atoms with E-state index in [9.17, 15) is 0 Å². The molecular formula is C13H18N2S. The van der Waals surface area contributed by atoms with Crippen LogP contribution in [0, 0.1) is 13.8 Å². The Morgan fingerprint density at radius 2 is 2.00 bits per heavy atom. The number of nitrogens with zero attached hydrogens (tertiary/aromatic N) is 1. The monoisotopic (exact) mass is 234 g/mol. The lowest BCUT2D eigenvalue weighted by Crippen LogP contribution is -1.79. The van der Waals surface area contributed by atoms with Crippen LogP contribution < -0.4 is 0 Å². The Kier molecular flexibility index (Phi) is 3.54. The van der Waals surface area contributed by atoms with Crippen LogP contribution in [0.5, 0.6) is 0 Å². The lowest BCUT2D eigenvalue weighted by molar-refractivity contribution is 0.893. The molecule has 0 unspecified atom stereocenters. The van der Waals surface area contributed by atoms with Crippen LogP contribution in [-0.2, 0) is 0 Å². The largest absolute Gasteiger partial charge is 0.333 e. The van der Waals surface area contributed by atoms with Crippen molar-refractivity contribution in [1.82, 2.24) is 9.97 Å². The summed E-state index contributed by atoms with van der Waals surface area (Å²) in [4.78, 5) is 7.97. The Morgan fingerprint density at radius 1 is 1.25 bits per heavy atom. The standard InChI is InChI=1S/C13H18N2S/c1-4-5-6-16-13-14-11-7-9(2)10(3)8-12(11)15-13/h7-8H,4-6H2,1-3H3,(H,14,15). The maximum absolute atomic E-state index is 4.59. The second-order valence-corrected chi connectivity index (χ2v) is 5.28. The lowest BCUT2D eigenvalue weighted by atomic mass is 10.1. The fourth-order valence-electron chi connectivity index (χ4n) is 1.63. The molecule has 0 aliphatic heterocycles. The van der Waals surface area contributed by atoms with Crippen LogP contribution in [0.3, 0.4) is 0 Å². The molecule has 0 saturated carbocycles. The van der Waals surface area contributed by atoms with Gasteiger partial charge in [-0.2, -0.15) is 0 Å². The van der Waals surface area contributed by atoms with Crippen molar-refractivity contribution in [1.29, 1.82) is 0 Å². The molecule has 2 rings (SSSR count). The molecular weight excluding hydrogens is 216 g/mol. The molecule has 16 heavy (non-hydrogen) atoms. The third-order valence-corrected chi connectivity index (χ3v) is 3.77. The molecule has 1 heterocycles. The Labute approximate surface area is 101 Å². The van der Waals surface area contributed by atoms with E-state index >= 15 is 0 Å². The second-order valence-electron chi connectivity index (χ2n) is 4.20. The van der Waals surface area contributed by atoms with Crippen molar-refractivity contribution in [2.45, 2.75) is 38.8 Å². The average molecular weight is 234 g/mol. The fraction of sp³-hybridized carbons (Fsp3) is 0.462. The fourth-order valence-corrected chi connectivity index (χ4v) is 2.60. The highest BCUT2D eigenvalue weighted by Crippen LogP contribution is 2.22. The molecule has 1 N–H and O–H groups in total. The predicted molar refractivity (Wildman–Crippen MR) is 71.2 cm³/mol. The number of unbranched alkanes of at least 4 members (excludes halogenated alkanes) is 1. The van der Waals surface area contributed by atoms with Crippen molar-refractivity contribution in [3.05, 3.63) is 23.3 Å². The van der Waals surface area contributed by atoms with E-state index in [1.165, 1.54) is 24.0 Å². The van der Waals surface area contributed by atoms with Crippen LogP contribution in [-0.4, -0.2) is 15.7 Å². The number of aromatic amines is 1. The third-order valence-electron chi connectivity index (χ3n) is 2.81. The normalized spacial score (nSPS) is 11.2. The van der Waals surface area contributed by atoms with Gasteiger partial charge in [0.25, 0.3) is 0 Å². The molecule has 0 fully saturated rings. The van der Waals surface area contributed by atoms with Crippen LogP contribution in [0.2, 0.25) is 0 Å². The van der Waals surface area contributed by atoms with E-state index in [1.54, 1.807) is 0 Å². The Morgan fingerprint density at radius 3 is 2.75 bits per heavy atom. The van der Waals surface area contributed by atoms with Gasteiger partial charge in [-0.3, -0.25) is 0 Å². The molecule has 0 atom stereocenters. The van der Waals surface area contributed by atoms with Crippen LogP contribution in [0.15, 0.2) is 17.3 Å². The first-order chi connectivity index (χ1) is 7.70. The Hall–Kier alpha value is -0.960. The summed E-state index contributed by atoms with van der Waals surface area (Å²) in [6.07, 6.45) is 2.49. The molecule has 1 aromatic carbocycles. The van der Waals surface area contributed by atoms with Crippen molar-refractivity contribution in [2.24, 2.45) is 0 Å². The van der Waals surface area contributed by atoms with E-state index in [4.69, 9.17) is 0 Å². The average Bonchev–Trinajstić information content (AvgIpc) is 2.61. The van der Waals surface area contributed by atoms with E-state index in [0.29, 0.717) is 0 Å². The van der Waals surface area contributed by atoms with Crippen molar-refractivity contribution in [3.63, 3.8) is 0 Å². The zero-order valence-corrected chi connectivity index (χ0v) is 10.9. The highest BCUT2D eigenvalue weighted by atomic mass is 32.2. The van der Waals surface area contributed by atoms with Gasteiger partial charge >= 0.3 is 0 Å². The summed E-state index contributed by atoms with van der Waals surface area (Å²) >= 11 is 1.82. The quantitative estimate of drug-likeness (QED) is 0.638. The van der Waals surface area contributed by atoms with E-state index in [1.807, 2.05) is 11.8 Å². The van der Waals surface area contributed by atoms with Gasteiger partial charge in [0.05, 0.1) is 11.0 Å². The summed E-state index contributed by atoms with van der Waals surface area (Å²) in [5, 5.41) is 1.05. The minimum atomic E-state index is 1.05. The number of nitrogens with one attached hydrogen (secondary N) is 1. The van der Waals surface area contributed by atoms with Crippen LogP contribution in [0.25, 0.3) is 11.0 Å². The van der Waals surface area contributed by atoms with Crippen LogP contribution >= 0.6 is 11.8 Å². The van der Waals surface area contributed by atoms with Gasteiger partial charge in [0.2, 0.25) is 0 Å². The number of aromatic nitrogens is 2. The Balaban J connectivity index is 2.23. The number of fused-ring (bicyclic) bond motifs is 1. The van der Waals surface area contributed by atoms with Gasteiger partial charge in [0.1, 0.15) is 0 Å². The smallest absolute Gasteiger partial charge is 0.166 e. The molecule has 2 aromatic rings. The van der Waals surface area contributed by atoms with Crippen molar-refractivity contribution < 1.29 is 0 Å². The highest BCUT2D eigenvalue weighted by molar-refractivity contribution is 7.99. The molecule has 0 radical (unpaired) electrons. The molecule has 86 valence electrons. The molecule has 0 amide bonds. The zero-order chi connectivity index (χ0) is 11.5. The molecule has 0 saturated heterocycles. The topological polar surface area (TPSA) is 28.7 Å². The first kappa shape index (κ1) is 11.5. The molecule has 0 bridgehead atoms. The van der Waals surface area contributed by atoms with Gasteiger partial charge in [0, 0.05) is 5.75 Å². The summed E-state index contributed by atoms with van der Waals surface area (Å²) in [5.74, 6) is 1.15. The van der Waals surface area contributed by atoms with E-state index in [0.717, 1.165) is 21.9 Å². The van der Waals surface area contributed by atoms with E-state index in [-0.39, 0.29) is 0 Å². The van der Waals surface area contributed by atoms with Gasteiger partial charge in [-0.25, -0.2) is 4.98 Å². The van der Waals surface area contributed by atoms with Crippen LogP contribution in [0.1, 0.15) is 30.9 Å². The van der Waals surface area contributed by atoms with E-state index in [2.05, 4.69) is 42.9 Å². The van der Waals surface area contributed by atoms with Gasteiger partial charge in [-0.15, -0.1) is 0 Å². The summed E-state index contributed by atoms with van der Waals surface area (Å²) in [7, 11) is 0. The Bertz CT molecular complexity index is 449. The molecule has 0 aliphatic rings. The van der Waals surface area contributed by atoms with E-state index < -0.39 is 0 Å².